The number of carbonyl (C=O) groups excluding carboxylic acids is 1. The standard InChI is InChI=1S/C12H18N2O5S/c1-20(17,18)11-7-9(6-10(13)8-11)12(16)14-2-4-19-5-3-15/h6-8,15H,2-5,13H2,1H3,(H,14,16). The Morgan fingerprint density at radius 3 is 2.65 bits per heavy atom. The number of nitrogen functional groups attached to an aromatic ring is 1. The first kappa shape index (κ1) is 16.4. The average Bonchev–Trinajstić information content (AvgIpc) is 2.36. The molecule has 0 fully saturated rings. The first-order valence-electron chi connectivity index (χ1n) is 5.92. The molecule has 0 heterocycles. The number of rotatable bonds is 7. The maximum absolute atomic E-state index is 11.8. The number of aliphatic hydroxyl groups excluding tert-OH is 1. The average molecular weight is 302 g/mol. The van der Waals surface area contributed by atoms with Crippen molar-refractivity contribution >= 4 is 21.4 Å². The van der Waals surface area contributed by atoms with Gasteiger partial charge in [0.25, 0.3) is 5.91 Å². The van der Waals surface area contributed by atoms with Gasteiger partial charge in [0.15, 0.2) is 9.84 Å². The monoisotopic (exact) mass is 302 g/mol. The van der Waals surface area contributed by atoms with Crippen molar-refractivity contribution in [3.05, 3.63) is 23.8 Å². The van der Waals surface area contributed by atoms with Gasteiger partial charge in [0.2, 0.25) is 0 Å². The van der Waals surface area contributed by atoms with Gasteiger partial charge in [-0.15, -0.1) is 0 Å². The van der Waals surface area contributed by atoms with E-state index in [2.05, 4.69) is 5.32 Å². The summed E-state index contributed by atoms with van der Waals surface area (Å²) in [7, 11) is -3.43. The van der Waals surface area contributed by atoms with Gasteiger partial charge in [-0.3, -0.25) is 4.79 Å². The van der Waals surface area contributed by atoms with E-state index in [0.29, 0.717) is 0 Å². The van der Waals surface area contributed by atoms with Crippen LogP contribution in [0, 0.1) is 0 Å². The maximum Gasteiger partial charge on any atom is 0.251 e. The Bertz CT molecular complexity index is 571. The van der Waals surface area contributed by atoms with Gasteiger partial charge >= 0.3 is 0 Å². The zero-order valence-electron chi connectivity index (χ0n) is 11.1. The highest BCUT2D eigenvalue weighted by molar-refractivity contribution is 7.90. The molecule has 20 heavy (non-hydrogen) atoms. The number of nitrogens with two attached hydrogens (primary N) is 1. The molecular weight excluding hydrogens is 284 g/mol. The number of benzene rings is 1. The topological polar surface area (TPSA) is 119 Å². The van der Waals surface area contributed by atoms with Gasteiger partial charge in [-0.25, -0.2) is 8.42 Å². The number of sulfone groups is 1. The van der Waals surface area contributed by atoms with Crippen LogP contribution in [0.4, 0.5) is 5.69 Å². The molecule has 1 amide bonds. The summed E-state index contributed by atoms with van der Waals surface area (Å²) in [5.74, 6) is -0.435. The Hall–Kier alpha value is -1.64. The first-order chi connectivity index (χ1) is 9.34. The zero-order valence-corrected chi connectivity index (χ0v) is 11.9. The molecule has 0 aliphatic carbocycles. The predicted octanol–water partition coefficient (Wildman–Crippen LogP) is -0.589. The lowest BCUT2D eigenvalue weighted by Crippen LogP contribution is -2.27. The summed E-state index contributed by atoms with van der Waals surface area (Å²) in [6.07, 6.45) is 1.05. The van der Waals surface area contributed by atoms with E-state index >= 15 is 0 Å². The Morgan fingerprint density at radius 2 is 2.05 bits per heavy atom. The summed E-state index contributed by atoms with van der Waals surface area (Å²) < 4.78 is 27.9. The molecular formula is C12H18N2O5S. The van der Waals surface area contributed by atoms with Gasteiger partial charge in [-0.05, 0) is 18.2 Å². The lowest BCUT2D eigenvalue weighted by atomic mass is 10.2. The summed E-state index contributed by atoms with van der Waals surface area (Å²) in [4.78, 5) is 11.8. The van der Waals surface area contributed by atoms with Crippen LogP contribution in [-0.2, 0) is 14.6 Å². The van der Waals surface area contributed by atoms with Gasteiger partial charge in [-0.1, -0.05) is 0 Å². The number of amides is 1. The molecule has 1 aromatic carbocycles. The maximum atomic E-state index is 11.8. The van der Waals surface area contributed by atoms with Crippen LogP contribution in [-0.4, -0.2) is 52.1 Å². The number of carbonyl (C=O) groups is 1. The van der Waals surface area contributed by atoms with Gasteiger partial charge in [0.05, 0.1) is 24.7 Å². The van der Waals surface area contributed by atoms with Crippen LogP contribution in [0.3, 0.4) is 0 Å². The molecule has 0 radical (unpaired) electrons. The van der Waals surface area contributed by atoms with E-state index in [1.807, 2.05) is 0 Å². The second-order valence-electron chi connectivity index (χ2n) is 4.15. The van der Waals surface area contributed by atoms with Crippen LogP contribution < -0.4 is 11.1 Å². The molecule has 7 nitrogen and oxygen atoms in total. The molecule has 1 aromatic rings. The van der Waals surface area contributed by atoms with Gasteiger partial charge < -0.3 is 20.9 Å². The number of anilines is 1. The number of aliphatic hydroxyl groups is 1. The molecule has 112 valence electrons. The molecule has 0 bridgehead atoms. The van der Waals surface area contributed by atoms with Crippen LogP contribution >= 0.6 is 0 Å². The lowest BCUT2D eigenvalue weighted by molar-refractivity contribution is 0.0838. The fourth-order valence-corrected chi connectivity index (χ4v) is 2.16. The Labute approximate surface area is 117 Å². The third-order valence-electron chi connectivity index (χ3n) is 2.39. The number of hydrogen-bond acceptors (Lipinski definition) is 6. The zero-order chi connectivity index (χ0) is 15.2. The molecule has 0 unspecified atom stereocenters. The van der Waals surface area contributed by atoms with Crippen molar-refractivity contribution in [1.82, 2.24) is 5.32 Å². The third kappa shape index (κ3) is 5.16. The van der Waals surface area contributed by atoms with Crippen molar-refractivity contribution < 1.29 is 23.1 Å². The summed E-state index contributed by atoms with van der Waals surface area (Å²) in [6, 6.07) is 3.98. The van der Waals surface area contributed by atoms with Crippen molar-refractivity contribution in [2.75, 3.05) is 38.4 Å². The minimum absolute atomic E-state index is 0.000759. The van der Waals surface area contributed by atoms with Gasteiger partial charge in [0, 0.05) is 24.1 Å². The van der Waals surface area contributed by atoms with Gasteiger partial charge in [0.1, 0.15) is 0 Å². The Balaban J connectivity index is 2.71. The van der Waals surface area contributed by atoms with Crippen LogP contribution in [0.5, 0.6) is 0 Å². The van der Waals surface area contributed by atoms with E-state index in [1.54, 1.807) is 0 Å². The van der Waals surface area contributed by atoms with Crippen LogP contribution in [0.2, 0.25) is 0 Å². The molecule has 0 aromatic heterocycles. The minimum Gasteiger partial charge on any atom is -0.399 e. The third-order valence-corrected chi connectivity index (χ3v) is 3.48. The largest absolute Gasteiger partial charge is 0.399 e. The smallest absolute Gasteiger partial charge is 0.251 e. The molecule has 0 saturated heterocycles. The summed E-state index contributed by atoms with van der Waals surface area (Å²) in [5, 5.41) is 11.1. The van der Waals surface area contributed by atoms with Crippen molar-refractivity contribution in [3.63, 3.8) is 0 Å². The predicted molar refractivity (Wildman–Crippen MR) is 74.2 cm³/mol. The molecule has 0 saturated carbocycles. The summed E-state index contributed by atoms with van der Waals surface area (Å²) >= 11 is 0. The van der Waals surface area contributed by atoms with Crippen LogP contribution in [0.15, 0.2) is 23.1 Å². The van der Waals surface area contributed by atoms with E-state index in [0.717, 1.165) is 6.26 Å². The summed E-state index contributed by atoms with van der Waals surface area (Å²) in [5.41, 5.74) is 5.97. The highest BCUT2D eigenvalue weighted by Crippen LogP contribution is 2.16. The normalized spacial score (nSPS) is 11.3. The SMILES string of the molecule is CS(=O)(=O)c1cc(N)cc(C(=O)NCCOCCO)c1. The molecule has 8 heteroatoms. The van der Waals surface area contributed by atoms with E-state index in [1.165, 1.54) is 18.2 Å². The quantitative estimate of drug-likeness (QED) is 0.457. The van der Waals surface area contributed by atoms with Crippen molar-refractivity contribution in [1.29, 1.82) is 0 Å². The summed E-state index contributed by atoms with van der Waals surface area (Å²) in [6.45, 7) is 0.628. The van der Waals surface area contributed by atoms with E-state index in [9.17, 15) is 13.2 Å². The lowest BCUT2D eigenvalue weighted by Gasteiger charge is -2.08. The van der Waals surface area contributed by atoms with E-state index < -0.39 is 15.7 Å². The highest BCUT2D eigenvalue weighted by Gasteiger charge is 2.13. The molecule has 0 aliphatic heterocycles. The first-order valence-corrected chi connectivity index (χ1v) is 7.81. The second-order valence-corrected chi connectivity index (χ2v) is 6.17. The number of hydrogen-bond donors (Lipinski definition) is 3. The molecule has 1 rings (SSSR count). The Kier molecular flexibility index (Phi) is 5.93. The van der Waals surface area contributed by atoms with E-state index in [4.69, 9.17) is 15.6 Å². The van der Waals surface area contributed by atoms with Gasteiger partial charge in [-0.2, -0.15) is 0 Å². The molecule has 0 aliphatic rings. The van der Waals surface area contributed by atoms with Crippen molar-refractivity contribution in [2.45, 2.75) is 4.90 Å². The van der Waals surface area contributed by atoms with Crippen LogP contribution in [0.1, 0.15) is 10.4 Å². The fourth-order valence-electron chi connectivity index (χ4n) is 1.47. The van der Waals surface area contributed by atoms with Crippen LogP contribution in [0.25, 0.3) is 0 Å². The minimum atomic E-state index is -3.43. The highest BCUT2D eigenvalue weighted by atomic mass is 32.2. The Morgan fingerprint density at radius 1 is 1.35 bits per heavy atom. The molecule has 0 spiro atoms. The molecule has 0 atom stereocenters. The molecule has 4 N–H and O–H groups in total. The number of nitrogens with one attached hydrogen (secondary N) is 1. The fraction of sp³-hybridized carbons (Fsp3) is 0.417. The number of ether oxygens (including phenoxy) is 1. The van der Waals surface area contributed by atoms with Crippen molar-refractivity contribution in [2.24, 2.45) is 0 Å². The second kappa shape index (κ2) is 7.22. The van der Waals surface area contributed by atoms with Crippen molar-refractivity contribution in [3.8, 4) is 0 Å². The van der Waals surface area contributed by atoms with E-state index in [-0.39, 0.29) is 42.5 Å².